The normalized spacial score (nSPS) is 10.5. The van der Waals surface area contributed by atoms with Crippen LogP contribution in [0.2, 0.25) is 5.02 Å². The fourth-order valence-corrected chi connectivity index (χ4v) is 1.61. The SMILES string of the molecule is Cc1ccc(NC(=O)N/C=C/c2ccc(Cl)cc2)nc1. The minimum Gasteiger partial charge on any atom is -0.314 e. The number of nitrogens with zero attached hydrogens (tertiary/aromatic N) is 1. The summed E-state index contributed by atoms with van der Waals surface area (Å²) in [5.74, 6) is 0.507. The molecule has 2 rings (SSSR count). The molecule has 0 aliphatic rings. The molecule has 0 atom stereocenters. The van der Waals surface area contributed by atoms with Gasteiger partial charge in [-0.1, -0.05) is 29.8 Å². The van der Waals surface area contributed by atoms with E-state index < -0.39 is 0 Å². The van der Waals surface area contributed by atoms with Gasteiger partial charge >= 0.3 is 6.03 Å². The Morgan fingerprint density at radius 2 is 1.95 bits per heavy atom. The number of urea groups is 1. The number of nitrogens with one attached hydrogen (secondary N) is 2. The standard InChI is InChI=1S/C15H14ClN3O/c1-11-2-7-14(18-10-11)19-15(20)17-9-8-12-3-5-13(16)6-4-12/h2-10H,1H3,(H2,17,18,19,20)/b9-8+. The van der Waals surface area contributed by atoms with Gasteiger partial charge < -0.3 is 5.32 Å². The van der Waals surface area contributed by atoms with E-state index in [2.05, 4.69) is 15.6 Å². The monoisotopic (exact) mass is 287 g/mol. The van der Waals surface area contributed by atoms with Gasteiger partial charge in [-0.05, 0) is 42.3 Å². The number of rotatable bonds is 3. The minimum absolute atomic E-state index is 0.341. The van der Waals surface area contributed by atoms with Crippen molar-refractivity contribution in [2.24, 2.45) is 0 Å². The van der Waals surface area contributed by atoms with Gasteiger partial charge in [-0.25, -0.2) is 9.78 Å². The molecule has 0 radical (unpaired) electrons. The second kappa shape index (κ2) is 6.73. The number of aromatic nitrogens is 1. The zero-order valence-electron chi connectivity index (χ0n) is 10.9. The molecule has 2 aromatic rings. The van der Waals surface area contributed by atoms with Crippen LogP contribution in [0.3, 0.4) is 0 Å². The molecule has 0 aliphatic carbocycles. The second-order valence-electron chi connectivity index (χ2n) is 4.20. The van der Waals surface area contributed by atoms with E-state index in [1.165, 1.54) is 0 Å². The molecular formula is C15H14ClN3O. The van der Waals surface area contributed by atoms with Crippen LogP contribution in [-0.2, 0) is 0 Å². The van der Waals surface area contributed by atoms with E-state index in [4.69, 9.17) is 11.6 Å². The van der Waals surface area contributed by atoms with Gasteiger partial charge in [-0.15, -0.1) is 0 Å². The van der Waals surface area contributed by atoms with Gasteiger partial charge in [0.05, 0.1) is 0 Å². The summed E-state index contributed by atoms with van der Waals surface area (Å²) in [7, 11) is 0. The van der Waals surface area contributed by atoms with E-state index in [1.807, 2.05) is 25.1 Å². The maximum Gasteiger partial charge on any atom is 0.324 e. The van der Waals surface area contributed by atoms with Crippen molar-refractivity contribution in [2.45, 2.75) is 6.92 Å². The van der Waals surface area contributed by atoms with Crippen LogP contribution in [0.1, 0.15) is 11.1 Å². The smallest absolute Gasteiger partial charge is 0.314 e. The summed E-state index contributed by atoms with van der Waals surface area (Å²) >= 11 is 5.79. The van der Waals surface area contributed by atoms with Crippen molar-refractivity contribution in [3.05, 3.63) is 64.9 Å². The zero-order chi connectivity index (χ0) is 14.4. The number of hydrogen-bond acceptors (Lipinski definition) is 2. The van der Waals surface area contributed by atoms with E-state index >= 15 is 0 Å². The van der Waals surface area contributed by atoms with Gasteiger partial charge in [0.2, 0.25) is 0 Å². The molecule has 0 spiro atoms. The summed E-state index contributed by atoms with van der Waals surface area (Å²) in [5, 5.41) is 5.92. The highest BCUT2D eigenvalue weighted by molar-refractivity contribution is 6.30. The molecule has 0 saturated carbocycles. The highest BCUT2D eigenvalue weighted by atomic mass is 35.5. The van der Waals surface area contributed by atoms with Crippen molar-refractivity contribution in [1.29, 1.82) is 0 Å². The van der Waals surface area contributed by atoms with Gasteiger partial charge in [-0.2, -0.15) is 0 Å². The van der Waals surface area contributed by atoms with Crippen LogP contribution in [0.5, 0.6) is 0 Å². The Bertz CT molecular complexity index is 606. The molecule has 1 aromatic carbocycles. The number of carbonyl (C=O) groups is 1. The lowest BCUT2D eigenvalue weighted by molar-refractivity contribution is 0.255. The van der Waals surface area contributed by atoms with Crippen LogP contribution < -0.4 is 10.6 Å². The highest BCUT2D eigenvalue weighted by Gasteiger charge is 1.99. The molecule has 1 aromatic heterocycles. The Balaban J connectivity index is 1.85. The van der Waals surface area contributed by atoms with Gasteiger partial charge in [-0.3, -0.25) is 5.32 Å². The third kappa shape index (κ3) is 4.40. The largest absolute Gasteiger partial charge is 0.324 e. The van der Waals surface area contributed by atoms with Gasteiger partial charge in [0, 0.05) is 17.4 Å². The Labute approximate surface area is 122 Å². The van der Waals surface area contributed by atoms with E-state index in [-0.39, 0.29) is 6.03 Å². The molecular weight excluding hydrogens is 274 g/mol. The minimum atomic E-state index is -0.341. The van der Waals surface area contributed by atoms with E-state index in [0.717, 1.165) is 11.1 Å². The van der Waals surface area contributed by atoms with E-state index in [9.17, 15) is 4.79 Å². The second-order valence-corrected chi connectivity index (χ2v) is 4.64. The van der Waals surface area contributed by atoms with Gasteiger partial charge in [0.25, 0.3) is 0 Å². The molecule has 0 bridgehead atoms. The lowest BCUT2D eigenvalue weighted by Gasteiger charge is -2.03. The van der Waals surface area contributed by atoms with Crippen molar-refractivity contribution in [2.75, 3.05) is 5.32 Å². The summed E-state index contributed by atoms with van der Waals surface area (Å²) in [4.78, 5) is 15.7. The predicted molar refractivity (Wildman–Crippen MR) is 81.6 cm³/mol. The first kappa shape index (κ1) is 14.1. The van der Waals surface area contributed by atoms with E-state index in [0.29, 0.717) is 10.8 Å². The number of hydrogen-bond donors (Lipinski definition) is 2. The number of halogens is 1. The number of carbonyl (C=O) groups excluding carboxylic acids is 1. The van der Waals surface area contributed by atoms with Crippen LogP contribution in [0, 0.1) is 6.92 Å². The van der Waals surface area contributed by atoms with Crippen molar-refractivity contribution in [1.82, 2.24) is 10.3 Å². The highest BCUT2D eigenvalue weighted by Crippen LogP contribution is 2.10. The Morgan fingerprint density at radius 3 is 2.60 bits per heavy atom. The molecule has 2 amide bonds. The van der Waals surface area contributed by atoms with Gasteiger partial charge in [0.1, 0.15) is 5.82 Å². The molecule has 0 fully saturated rings. The maximum atomic E-state index is 11.6. The average Bonchev–Trinajstić information content (AvgIpc) is 2.44. The first-order valence-electron chi connectivity index (χ1n) is 6.06. The third-order valence-electron chi connectivity index (χ3n) is 2.51. The van der Waals surface area contributed by atoms with Crippen LogP contribution in [0.4, 0.5) is 10.6 Å². The Hall–Kier alpha value is -2.33. The molecule has 5 heteroatoms. The fraction of sp³-hybridized carbons (Fsp3) is 0.0667. The summed E-state index contributed by atoms with van der Waals surface area (Å²) in [6.07, 6.45) is 5.03. The Kier molecular flexibility index (Phi) is 4.74. The zero-order valence-corrected chi connectivity index (χ0v) is 11.7. The van der Waals surface area contributed by atoms with Crippen molar-refractivity contribution >= 4 is 29.5 Å². The summed E-state index contributed by atoms with van der Waals surface area (Å²) in [5.41, 5.74) is 1.99. The lowest BCUT2D eigenvalue weighted by Crippen LogP contribution is -2.24. The van der Waals surface area contributed by atoms with Gasteiger partial charge in [0.15, 0.2) is 0 Å². The van der Waals surface area contributed by atoms with Crippen LogP contribution in [-0.4, -0.2) is 11.0 Å². The number of pyridine rings is 1. The van der Waals surface area contributed by atoms with Crippen molar-refractivity contribution in [3.63, 3.8) is 0 Å². The molecule has 2 N–H and O–H groups in total. The van der Waals surface area contributed by atoms with Crippen molar-refractivity contribution < 1.29 is 4.79 Å². The first-order valence-corrected chi connectivity index (χ1v) is 6.43. The molecule has 1 heterocycles. The molecule has 0 unspecified atom stereocenters. The molecule has 0 saturated heterocycles. The topological polar surface area (TPSA) is 54.0 Å². The van der Waals surface area contributed by atoms with Crippen LogP contribution in [0.25, 0.3) is 6.08 Å². The summed E-state index contributed by atoms with van der Waals surface area (Å²) in [6, 6.07) is 10.6. The number of aryl methyl sites for hydroxylation is 1. The first-order chi connectivity index (χ1) is 9.63. The molecule has 0 aliphatic heterocycles. The van der Waals surface area contributed by atoms with Crippen molar-refractivity contribution in [3.8, 4) is 0 Å². The number of amides is 2. The fourth-order valence-electron chi connectivity index (χ4n) is 1.48. The molecule has 4 nitrogen and oxygen atoms in total. The Morgan fingerprint density at radius 1 is 1.20 bits per heavy atom. The lowest BCUT2D eigenvalue weighted by atomic mass is 10.2. The number of anilines is 1. The molecule has 102 valence electrons. The maximum absolute atomic E-state index is 11.6. The molecule has 20 heavy (non-hydrogen) atoms. The number of benzene rings is 1. The summed E-state index contributed by atoms with van der Waals surface area (Å²) in [6.45, 7) is 1.94. The quantitative estimate of drug-likeness (QED) is 0.901. The summed E-state index contributed by atoms with van der Waals surface area (Å²) < 4.78 is 0. The predicted octanol–water partition coefficient (Wildman–Crippen LogP) is 3.84. The van der Waals surface area contributed by atoms with Crippen LogP contribution in [0.15, 0.2) is 48.8 Å². The average molecular weight is 288 g/mol. The third-order valence-corrected chi connectivity index (χ3v) is 2.77. The van der Waals surface area contributed by atoms with E-state index in [1.54, 1.807) is 36.7 Å². The van der Waals surface area contributed by atoms with Crippen LogP contribution >= 0.6 is 11.6 Å².